The van der Waals surface area contributed by atoms with E-state index in [9.17, 15) is 4.79 Å². The van der Waals surface area contributed by atoms with E-state index in [-0.39, 0.29) is 5.91 Å². The van der Waals surface area contributed by atoms with Crippen LogP contribution in [0.2, 0.25) is 0 Å². The molecule has 22 heavy (non-hydrogen) atoms. The molecule has 2 aromatic heterocycles. The molecule has 0 atom stereocenters. The molecule has 1 N–H and O–H groups in total. The highest BCUT2D eigenvalue weighted by Crippen LogP contribution is 2.22. The molecule has 0 spiro atoms. The molecular formula is C15H16BrN3O2S. The van der Waals surface area contributed by atoms with Crippen LogP contribution in [0, 0.1) is 0 Å². The molecule has 0 bridgehead atoms. The Hall–Kier alpha value is -1.44. The lowest BCUT2D eigenvalue weighted by Crippen LogP contribution is -2.38. The van der Waals surface area contributed by atoms with Gasteiger partial charge in [0.2, 0.25) is 0 Å². The van der Waals surface area contributed by atoms with Gasteiger partial charge in [-0.05, 0) is 40.2 Å². The smallest absolute Gasteiger partial charge is 0.255 e. The van der Waals surface area contributed by atoms with Crippen LogP contribution in [-0.4, -0.2) is 37.2 Å². The van der Waals surface area contributed by atoms with Crippen LogP contribution < -0.4 is 10.2 Å². The van der Waals surface area contributed by atoms with E-state index in [1.807, 2.05) is 18.2 Å². The normalized spacial score (nSPS) is 14.9. The summed E-state index contributed by atoms with van der Waals surface area (Å²) in [5.41, 5.74) is 0.611. The third kappa shape index (κ3) is 3.66. The topological polar surface area (TPSA) is 54.5 Å². The molecular weight excluding hydrogens is 366 g/mol. The lowest BCUT2D eigenvalue weighted by molar-refractivity contribution is 0.0949. The number of anilines is 1. The Bertz CT molecular complexity index is 656. The average Bonchev–Trinajstić information content (AvgIpc) is 2.99. The van der Waals surface area contributed by atoms with Crippen LogP contribution in [-0.2, 0) is 11.3 Å². The van der Waals surface area contributed by atoms with Crippen molar-refractivity contribution < 1.29 is 9.53 Å². The molecule has 7 heteroatoms. The molecule has 0 saturated carbocycles. The fourth-order valence-corrected chi connectivity index (χ4v) is 3.73. The summed E-state index contributed by atoms with van der Waals surface area (Å²) in [7, 11) is 0. The SMILES string of the molecule is O=C(NCc1ccc(Br)s1)c1cccnc1N1CCOCC1. The van der Waals surface area contributed by atoms with Crippen molar-refractivity contribution in [2.45, 2.75) is 6.54 Å². The van der Waals surface area contributed by atoms with Crippen molar-refractivity contribution >= 4 is 39.0 Å². The molecule has 3 rings (SSSR count). The van der Waals surface area contributed by atoms with E-state index in [4.69, 9.17) is 4.74 Å². The highest BCUT2D eigenvalue weighted by Gasteiger charge is 2.19. The number of nitrogens with zero attached hydrogens (tertiary/aromatic N) is 2. The van der Waals surface area contributed by atoms with Crippen molar-refractivity contribution in [3.8, 4) is 0 Å². The summed E-state index contributed by atoms with van der Waals surface area (Å²) in [6, 6.07) is 7.59. The van der Waals surface area contributed by atoms with Crippen LogP contribution in [0.3, 0.4) is 0 Å². The number of carbonyl (C=O) groups excluding carboxylic acids is 1. The predicted octanol–water partition coefficient (Wildman–Crippen LogP) is 2.67. The molecule has 2 aromatic rings. The van der Waals surface area contributed by atoms with Gasteiger partial charge in [0.05, 0.1) is 29.1 Å². The van der Waals surface area contributed by atoms with Crippen LogP contribution in [0.15, 0.2) is 34.2 Å². The first-order chi connectivity index (χ1) is 10.7. The fourth-order valence-electron chi connectivity index (χ4n) is 2.31. The highest BCUT2D eigenvalue weighted by molar-refractivity contribution is 9.11. The zero-order chi connectivity index (χ0) is 15.4. The van der Waals surface area contributed by atoms with Crippen molar-refractivity contribution in [2.75, 3.05) is 31.2 Å². The Labute approximate surface area is 141 Å². The zero-order valence-electron chi connectivity index (χ0n) is 11.9. The maximum absolute atomic E-state index is 12.5. The fraction of sp³-hybridized carbons (Fsp3) is 0.333. The van der Waals surface area contributed by atoms with E-state index in [0.29, 0.717) is 25.3 Å². The van der Waals surface area contributed by atoms with E-state index in [1.54, 1.807) is 23.6 Å². The predicted molar refractivity (Wildman–Crippen MR) is 90.5 cm³/mol. The first-order valence-electron chi connectivity index (χ1n) is 7.04. The van der Waals surface area contributed by atoms with Crippen molar-refractivity contribution in [3.63, 3.8) is 0 Å². The van der Waals surface area contributed by atoms with E-state index in [0.717, 1.165) is 27.6 Å². The average molecular weight is 382 g/mol. The van der Waals surface area contributed by atoms with E-state index < -0.39 is 0 Å². The maximum Gasteiger partial charge on any atom is 0.255 e. The summed E-state index contributed by atoms with van der Waals surface area (Å²) in [5, 5.41) is 2.96. The summed E-state index contributed by atoms with van der Waals surface area (Å²) in [6.45, 7) is 3.37. The van der Waals surface area contributed by atoms with Crippen molar-refractivity contribution in [1.29, 1.82) is 0 Å². The van der Waals surface area contributed by atoms with Crippen molar-refractivity contribution in [3.05, 3.63) is 44.7 Å². The maximum atomic E-state index is 12.5. The molecule has 1 amide bonds. The van der Waals surface area contributed by atoms with Gasteiger partial charge in [0.1, 0.15) is 5.82 Å². The molecule has 0 aliphatic carbocycles. The first kappa shape index (κ1) is 15.5. The Morgan fingerprint density at radius 3 is 2.91 bits per heavy atom. The van der Waals surface area contributed by atoms with Crippen LogP contribution >= 0.6 is 27.3 Å². The molecule has 0 unspecified atom stereocenters. The molecule has 116 valence electrons. The molecule has 1 saturated heterocycles. The zero-order valence-corrected chi connectivity index (χ0v) is 14.3. The van der Waals surface area contributed by atoms with Gasteiger partial charge in [0, 0.05) is 24.2 Å². The number of amides is 1. The first-order valence-corrected chi connectivity index (χ1v) is 8.65. The molecule has 5 nitrogen and oxygen atoms in total. The second kappa shape index (κ2) is 7.21. The number of carbonyl (C=O) groups is 1. The van der Waals surface area contributed by atoms with E-state index in [1.165, 1.54) is 0 Å². The van der Waals surface area contributed by atoms with Crippen LogP contribution in [0.1, 0.15) is 15.2 Å². The van der Waals surface area contributed by atoms with Crippen LogP contribution in [0.5, 0.6) is 0 Å². The van der Waals surface area contributed by atoms with Crippen LogP contribution in [0.25, 0.3) is 0 Å². The Balaban J connectivity index is 1.71. The third-order valence-electron chi connectivity index (χ3n) is 3.39. The lowest BCUT2D eigenvalue weighted by atomic mass is 10.2. The number of ether oxygens (including phenoxy) is 1. The van der Waals surface area contributed by atoms with Gasteiger partial charge in [-0.25, -0.2) is 4.98 Å². The summed E-state index contributed by atoms with van der Waals surface area (Å²) in [6.07, 6.45) is 1.72. The number of nitrogens with one attached hydrogen (secondary N) is 1. The number of aromatic nitrogens is 1. The second-order valence-corrected chi connectivity index (χ2v) is 7.41. The summed E-state index contributed by atoms with van der Waals surface area (Å²) in [5.74, 6) is 0.634. The number of hydrogen-bond donors (Lipinski definition) is 1. The number of rotatable bonds is 4. The third-order valence-corrected chi connectivity index (χ3v) is 5.02. The largest absolute Gasteiger partial charge is 0.378 e. The minimum atomic E-state index is -0.0980. The minimum absolute atomic E-state index is 0.0980. The van der Waals surface area contributed by atoms with Gasteiger partial charge in [0.25, 0.3) is 5.91 Å². The number of pyridine rings is 1. The van der Waals surface area contributed by atoms with Gasteiger partial charge in [-0.1, -0.05) is 0 Å². The summed E-state index contributed by atoms with van der Waals surface area (Å²) >= 11 is 5.04. The van der Waals surface area contributed by atoms with E-state index >= 15 is 0 Å². The molecule has 3 heterocycles. The second-order valence-electron chi connectivity index (χ2n) is 4.86. The molecule has 1 aliphatic rings. The Morgan fingerprint density at radius 2 is 2.18 bits per heavy atom. The van der Waals surface area contributed by atoms with Gasteiger partial charge >= 0.3 is 0 Å². The number of halogens is 1. The standard InChI is InChI=1S/C15H16BrN3O2S/c16-13-4-3-11(22-13)10-18-15(20)12-2-1-5-17-14(12)19-6-8-21-9-7-19/h1-5H,6-10H2,(H,18,20). The summed E-state index contributed by atoms with van der Waals surface area (Å²) < 4.78 is 6.42. The lowest BCUT2D eigenvalue weighted by Gasteiger charge is -2.29. The Kier molecular flexibility index (Phi) is 5.07. The number of morpholine rings is 1. The molecule has 0 radical (unpaired) electrons. The number of thiophene rings is 1. The van der Waals surface area contributed by atoms with Crippen molar-refractivity contribution in [2.24, 2.45) is 0 Å². The van der Waals surface area contributed by atoms with Gasteiger partial charge in [-0.3, -0.25) is 4.79 Å². The van der Waals surface area contributed by atoms with Gasteiger partial charge in [0.15, 0.2) is 0 Å². The monoisotopic (exact) mass is 381 g/mol. The molecule has 1 aliphatic heterocycles. The molecule has 1 fully saturated rings. The van der Waals surface area contributed by atoms with Crippen LogP contribution in [0.4, 0.5) is 5.82 Å². The van der Waals surface area contributed by atoms with Gasteiger partial charge in [-0.2, -0.15) is 0 Å². The minimum Gasteiger partial charge on any atom is -0.378 e. The van der Waals surface area contributed by atoms with Crippen molar-refractivity contribution in [1.82, 2.24) is 10.3 Å². The Morgan fingerprint density at radius 1 is 1.36 bits per heavy atom. The van der Waals surface area contributed by atoms with Gasteiger partial charge in [-0.15, -0.1) is 11.3 Å². The van der Waals surface area contributed by atoms with Gasteiger partial charge < -0.3 is 15.0 Å². The van der Waals surface area contributed by atoms with E-state index in [2.05, 4.69) is 31.1 Å². The number of hydrogen-bond acceptors (Lipinski definition) is 5. The summed E-state index contributed by atoms with van der Waals surface area (Å²) in [4.78, 5) is 20.1. The highest BCUT2D eigenvalue weighted by atomic mass is 79.9. The quantitative estimate of drug-likeness (QED) is 0.884. The molecule has 0 aromatic carbocycles.